The Morgan fingerprint density at radius 2 is 1.76 bits per heavy atom. The molecular weight excluding hydrogens is 522 g/mol. The third kappa shape index (κ3) is 3.72. The highest BCUT2D eigenvalue weighted by Crippen LogP contribution is 2.66. The molecule has 0 saturated carbocycles. The lowest BCUT2D eigenvalue weighted by atomic mass is 9.73. The molecule has 200 valence electrons. The van der Waals surface area contributed by atoms with E-state index in [1.54, 1.807) is 13.8 Å². The standard InChI is InChI=1S/C24H18F6N4O4/c1-21-7-12(9-37-16-6-15(24(28,29)30)32-10-33-16)22(2,38-21)18-17(21)19(35)34(20(18)36)13-4-3-11(8-31)14(5-13)23(25,26)27/h3-6,10,12,35-36H,7,9H2,1-2H3/t12-,21?,22?/m0/s1. The molecule has 2 bridgehead atoms. The van der Waals surface area contributed by atoms with E-state index in [1.807, 2.05) is 0 Å². The van der Waals surface area contributed by atoms with Gasteiger partial charge in [0.05, 0.1) is 46.2 Å². The lowest BCUT2D eigenvalue weighted by Gasteiger charge is -2.29. The third-order valence-corrected chi connectivity index (χ3v) is 7.05. The van der Waals surface area contributed by atoms with Gasteiger partial charge in [-0.3, -0.25) is 4.57 Å². The minimum atomic E-state index is -4.86. The maximum Gasteiger partial charge on any atom is 0.433 e. The van der Waals surface area contributed by atoms with E-state index in [0.717, 1.165) is 16.7 Å². The summed E-state index contributed by atoms with van der Waals surface area (Å²) in [5.41, 5.74) is -5.49. The average Bonchev–Trinajstić information content (AvgIpc) is 3.36. The van der Waals surface area contributed by atoms with Crippen LogP contribution in [0, 0.1) is 17.2 Å². The molecule has 14 heteroatoms. The molecule has 0 amide bonds. The summed E-state index contributed by atoms with van der Waals surface area (Å²) in [6.45, 7) is 3.02. The molecule has 0 radical (unpaired) electrons. The quantitative estimate of drug-likeness (QED) is 0.440. The van der Waals surface area contributed by atoms with E-state index in [9.17, 15) is 36.6 Å². The Bertz CT molecular complexity index is 1490. The Hall–Kier alpha value is -3.99. The largest absolute Gasteiger partial charge is 0.494 e. The molecule has 3 aromatic rings. The number of nitrogens with zero attached hydrogens (tertiary/aromatic N) is 4. The molecule has 38 heavy (non-hydrogen) atoms. The van der Waals surface area contributed by atoms with Crippen molar-refractivity contribution in [1.29, 1.82) is 5.26 Å². The Balaban J connectivity index is 1.52. The first-order chi connectivity index (χ1) is 17.6. The van der Waals surface area contributed by atoms with Crippen LogP contribution in [0.2, 0.25) is 0 Å². The van der Waals surface area contributed by atoms with E-state index in [-0.39, 0.29) is 35.7 Å². The van der Waals surface area contributed by atoms with Crippen LogP contribution in [-0.2, 0) is 28.3 Å². The molecule has 2 N–H and O–H groups in total. The van der Waals surface area contributed by atoms with Crippen molar-refractivity contribution in [3.8, 4) is 29.4 Å². The zero-order chi connectivity index (χ0) is 27.8. The number of halogens is 6. The number of ether oxygens (including phenoxy) is 2. The van der Waals surface area contributed by atoms with Crippen LogP contribution in [0.1, 0.15) is 48.2 Å². The molecule has 4 heterocycles. The first-order valence-electron chi connectivity index (χ1n) is 11.1. The highest BCUT2D eigenvalue weighted by molar-refractivity contribution is 5.62. The van der Waals surface area contributed by atoms with Gasteiger partial charge >= 0.3 is 12.4 Å². The Morgan fingerprint density at radius 1 is 1.08 bits per heavy atom. The lowest BCUT2D eigenvalue weighted by molar-refractivity contribution is -0.141. The Kier molecular flexibility index (Phi) is 5.40. The Labute approximate surface area is 210 Å². The zero-order valence-corrected chi connectivity index (χ0v) is 19.6. The highest BCUT2D eigenvalue weighted by Gasteiger charge is 2.64. The average molecular weight is 540 g/mol. The summed E-state index contributed by atoms with van der Waals surface area (Å²) in [7, 11) is 0. The molecule has 2 aromatic heterocycles. The number of rotatable bonds is 4. The normalized spacial score (nSPS) is 24.3. The maximum absolute atomic E-state index is 13.5. The number of hydrogen-bond acceptors (Lipinski definition) is 7. The van der Waals surface area contributed by atoms with Crippen molar-refractivity contribution in [3.63, 3.8) is 0 Å². The molecule has 0 spiro atoms. The maximum atomic E-state index is 13.5. The highest BCUT2D eigenvalue weighted by atomic mass is 19.4. The van der Waals surface area contributed by atoms with Crippen LogP contribution in [0.4, 0.5) is 26.3 Å². The summed E-state index contributed by atoms with van der Waals surface area (Å²) < 4.78 is 92.0. The van der Waals surface area contributed by atoms with Crippen LogP contribution < -0.4 is 4.74 Å². The second-order valence-electron chi connectivity index (χ2n) is 9.46. The number of aromatic hydroxyl groups is 2. The summed E-state index contributed by atoms with van der Waals surface area (Å²) in [5.74, 6) is -1.98. The number of benzene rings is 1. The summed E-state index contributed by atoms with van der Waals surface area (Å²) >= 11 is 0. The second kappa shape index (κ2) is 8.00. The monoisotopic (exact) mass is 540 g/mol. The van der Waals surface area contributed by atoms with Crippen molar-refractivity contribution in [2.75, 3.05) is 6.61 Å². The van der Waals surface area contributed by atoms with Gasteiger partial charge in [-0.05, 0) is 38.5 Å². The van der Waals surface area contributed by atoms with E-state index in [4.69, 9.17) is 14.7 Å². The second-order valence-corrected chi connectivity index (χ2v) is 9.46. The van der Waals surface area contributed by atoms with Gasteiger partial charge in [-0.2, -0.15) is 31.6 Å². The molecule has 1 fully saturated rings. The fourth-order valence-electron chi connectivity index (χ4n) is 5.41. The minimum absolute atomic E-state index is 0.119. The predicted molar refractivity (Wildman–Crippen MR) is 115 cm³/mol. The molecule has 2 aliphatic heterocycles. The van der Waals surface area contributed by atoms with Crippen LogP contribution in [-0.4, -0.2) is 31.4 Å². The van der Waals surface area contributed by atoms with Crippen LogP contribution in [0.25, 0.3) is 5.69 Å². The molecule has 2 unspecified atom stereocenters. The topological polar surface area (TPSA) is 113 Å². The van der Waals surface area contributed by atoms with Gasteiger partial charge < -0.3 is 19.7 Å². The lowest BCUT2D eigenvalue weighted by Crippen LogP contribution is -2.33. The van der Waals surface area contributed by atoms with Gasteiger partial charge in [0, 0.05) is 12.0 Å². The number of nitriles is 1. The van der Waals surface area contributed by atoms with Crippen LogP contribution in [0.15, 0.2) is 30.6 Å². The van der Waals surface area contributed by atoms with Gasteiger partial charge in [-0.1, -0.05) is 0 Å². The molecule has 5 rings (SSSR count). The number of alkyl halides is 6. The number of aromatic nitrogens is 3. The molecular formula is C24H18F6N4O4. The fourth-order valence-corrected chi connectivity index (χ4v) is 5.41. The smallest absolute Gasteiger partial charge is 0.433 e. The van der Waals surface area contributed by atoms with Gasteiger partial charge in [0.25, 0.3) is 0 Å². The van der Waals surface area contributed by atoms with Crippen molar-refractivity contribution >= 4 is 0 Å². The van der Waals surface area contributed by atoms with Crippen molar-refractivity contribution < 1.29 is 46.0 Å². The molecule has 1 aromatic carbocycles. The van der Waals surface area contributed by atoms with E-state index < -0.39 is 58.1 Å². The summed E-state index contributed by atoms with van der Waals surface area (Å²) in [6, 6.07) is 4.85. The predicted octanol–water partition coefficient (Wildman–Crippen LogP) is 5.15. The van der Waals surface area contributed by atoms with Gasteiger partial charge in [-0.25, -0.2) is 9.97 Å². The van der Waals surface area contributed by atoms with Crippen LogP contribution in [0.5, 0.6) is 17.6 Å². The molecule has 0 aliphatic carbocycles. The zero-order valence-electron chi connectivity index (χ0n) is 19.6. The summed E-state index contributed by atoms with van der Waals surface area (Å²) in [5, 5.41) is 31.2. The number of fused-ring (bicyclic) bond motifs is 5. The van der Waals surface area contributed by atoms with E-state index >= 15 is 0 Å². The van der Waals surface area contributed by atoms with E-state index in [0.29, 0.717) is 18.5 Å². The van der Waals surface area contributed by atoms with E-state index in [1.165, 1.54) is 6.07 Å². The summed E-state index contributed by atoms with van der Waals surface area (Å²) in [4.78, 5) is 6.87. The molecule has 8 nitrogen and oxygen atoms in total. The first-order valence-corrected chi connectivity index (χ1v) is 11.1. The van der Waals surface area contributed by atoms with Crippen molar-refractivity contribution in [3.05, 3.63) is 58.5 Å². The number of hydrogen-bond donors (Lipinski definition) is 2. The Morgan fingerprint density at radius 3 is 2.39 bits per heavy atom. The van der Waals surface area contributed by atoms with Crippen LogP contribution >= 0.6 is 0 Å². The van der Waals surface area contributed by atoms with Gasteiger partial charge in [-0.15, -0.1) is 0 Å². The van der Waals surface area contributed by atoms with Gasteiger partial charge in [0.1, 0.15) is 11.9 Å². The summed E-state index contributed by atoms with van der Waals surface area (Å²) in [6.07, 6.45) is -8.63. The van der Waals surface area contributed by atoms with Gasteiger partial charge in [0.15, 0.2) is 5.69 Å². The third-order valence-electron chi connectivity index (χ3n) is 7.05. The van der Waals surface area contributed by atoms with Gasteiger partial charge in [0.2, 0.25) is 17.6 Å². The van der Waals surface area contributed by atoms with Crippen LogP contribution in [0.3, 0.4) is 0 Å². The van der Waals surface area contributed by atoms with Crippen molar-refractivity contribution in [1.82, 2.24) is 14.5 Å². The van der Waals surface area contributed by atoms with Crippen molar-refractivity contribution in [2.24, 2.45) is 5.92 Å². The van der Waals surface area contributed by atoms with E-state index in [2.05, 4.69) is 9.97 Å². The molecule has 3 atom stereocenters. The molecule has 1 saturated heterocycles. The minimum Gasteiger partial charge on any atom is -0.494 e. The molecule has 2 aliphatic rings. The first kappa shape index (κ1) is 25.7. The van der Waals surface area contributed by atoms with Crippen molar-refractivity contribution in [2.45, 2.75) is 43.8 Å². The SMILES string of the molecule is CC12C[C@@H](COc3cc(C(F)(F)F)ncn3)C(C)(O1)c1c2c(O)n(-c2ccc(C#N)c(C(F)(F)F)c2)c1O. The fraction of sp³-hybridized carbons (Fsp3) is 0.375.